The molecular weight excluding hydrogens is 330 g/mol. The lowest BCUT2D eigenvalue weighted by Gasteiger charge is -2.40. The molecule has 2 heterocycles. The number of ether oxygens (including phenoxy) is 1. The Morgan fingerprint density at radius 2 is 2.29 bits per heavy atom. The average molecular weight is 350 g/mol. The van der Waals surface area contributed by atoms with Crippen LogP contribution in [0.25, 0.3) is 10.9 Å². The Morgan fingerprint density at radius 3 is 3.05 bits per heavy atom. The molecule has 0 spiro atoms. The molecule has 0 amide bonds. The molecule has 1 aliphatic heterocycles. The van der Waals surface area contributed by atoms with Gasteiger partial charge in [-0.25, -0.2) is 0 Å². The molecular formula is C16H20BrN3O. The van der Waals surface area contributed by atoms with Crippen molar-refractivity contribution in [2.45, 2.75) is 19.1 Å². The van der Waals surface area contributed by atoms with Crippen molar-refractivity contribution in [1.82, 2.24) is 9.88 Å². The quantitative estimate of drug-likeness (QED) is 0.925. The van der Waals surface area contributed by atoms with Crippen LogP contribution in [0, 0.1) is 0 Å². The molecule has 5 heteroatoms. The molecule has 112 valence electrons. The molecule has 2 unspecified atom stereocenters. The summed E-state index contributed by atoms with van der Waals surface area (Å²) in [6, 6.07) is 8.46. The Bertz CT molecular complexity index is 622. The summed E-state index contributed by atoms with van der Waals surface area (Å²) in [5, 5.41) is 1.13. The first-order valence-corrected chi connectivity index (χ1v) is 8.14. The maximum atomic E-state index is 5.94. The number of nitrogens with two attached hydrogens (primary N) is 1. The van der Waals surface area contributed by atoms with Gasteiger partial charge in [-0.15, -0.1) is 0 Å². The van der Waals surface area contributed by atoms with Crippen LogP contribution in [0.2, 0.25) is 0 Å². The molecule has 0 saturated carbocycles. The molecule has 2 atom stereocenters. The van der Waals surface area contributed by atoms with E-state index in [9.17, 15) is 0 Å². The molecule has 2 N–H and O–H groups in total. The minimum atomic E-state index is 0.0186. The molecule has 0 aliphatic carbocycles. The monoisotopic (exact) mass is 349 g/mol. The summed E-state index contributed by atoms with van der Waals surface area (Å²) in [6.45, 7) is 5.36. The molecule has 1 aromatic heterocycles. The Hall–Kier alpha value is -1.01. The van der Waals surface area contributed by atoms with Crippen LogP contribution in [0.15, 0.2) is 34.9 Å². The molecule has 1 saturated heterocycles. The number of benzene rings is 1. The summed E-state index contributed by atoms with van der Waals surface area (Å²) in [6.07, 6.45) is 1.86. The summed E-state index contributed by atoms with van der Waals surface area (Å²) < 4.78 is 6.97. The number of aromatic nitrogens is 1. The van der Waals surface area contributed by atoms with Crippen LogP contribution >= 0.6 is 15.9 Å². The highest BCUT2D eigenvalue weighted by molar-refractivity contribution is 9.10. The van der Waals surface area contributed by atoms with Gasteiger partial charge in [-0.1, -0.05) is 35.0 Å². The van der Waals surface area contributed by atoms with Gasteiger partial charge in [-0.05, 0) is 24.2 Å². The third-order valence-corrected chi connectivity index (χ3v) is 4.85. The minimum Gasteiger partial charge on any atom is -0.374 e. The van der Waals surface area contributed by atoms with Crippen LogP contribution in [0.3, 0.4) is 0 Å². The highest BCUT2D eigenvalue weighted by atomic mass is 79.9. The first-order chi connectivity index (χ1) is 10.3. The van der Waals surface area contributed by atoms with Gasteiger partial charge in [0.1, 0.15) is 0 Å². The van der Waals surface area contributed by atoms with Crippen LogP contribution in [0.4, 0.5) is 0 Å². The van der Waals surface area contributed by atoms with Crippen LogP contribution in [0.5, 0.6) is 0 Å². The molecule has 1 aromatic carbocycles. The van der Waals surface area contributed by atoms with E-state index in [2.05, 4.69) is 50.9 Å². The third-order valence-electron chi connectivity index (χ3n) is 4.16. The zero-order valence-electron chi connectivity index (χ0n) is 12.1. The number of likely N-dealkylation sites (N-methyl/N-ethyl adjacent to an activating group) is 1. The SMILES string of the molecule is CCN1CCOC(CN)C1c1ccc(Br)c2cccnc12. The molecule has 0 radical (unpaired) electrons. The van der Waals surface area contributed by atoms with Gasteiger partial charge in [0.05, 0.1) is 24.3 Å². The van der Waals surface area contributed by atoms with Crippen LogP contribution < -0.4 is 5.73 Å². The van der Waals surface area contributed by atoms with Crippen LogP contribution in [-0.4, -0.2) is 42.2 Å². The van der Waals surface area contributed by atoms with Crippen molar-refractivity contribution in [2.75, 3.05) is 26.2 Å². The predicted molar refractivity (Wildman–Crippen MR) is 88.2 cm³/mol. The van der Waals surface area contributed by atoms with E-state index in [1.807, 2.05) is 12.3 Å². The fraction of sp³-hybridized carbons (Fsp3) is 0.438. The maximum absolute atomic E-state index is 5.94. The summed E-state index contributed by atoms with van der Waals surface area (Å²) in [5.41, 5.74) is 8.17. The average Bonchev–Trinajstić information content (AvgIpc) is 2.55. The van der Waals surface area contributed by atoms with Crippen molar-refractivity contribution < 1.29 is 4.74 Å². The number of pyridine rings is 1. The number of hydrogen-bond donors (Lipinski definition) is 1. The highest BCUT2D eigenvalue weighted by Crippen LogP contribution is 2.35. The van der Waals surface area contributed by atoms with Crippen LogP contribution in [0.1, 0.15) is 18.5 Å². The molecule has 0 bridgehead atoms. The highest BCUT2D eigenvalue weighted by Gasteiger charge is 2.33. The van der Waals surface area contributed by atoms with E-state index >= 15 is 0 Å². The molecule has 21 heavy (non-hydrogen) atoms. The number of rotatable bonds is 3. The third kappa shape index (κ3) is 2.71. The molecule has 4 nitrogen and oxygen atoms in total. The molecule has 2 aromatic rings. The van der Waals surface area contributed by atoms with Gasteiger partial charge in [0.25, 0.3) is 0 Å². The maximum Gasteiger partial charge on any atom is 0.0895 e. The van der Waals surface area contributed by atoms with Crippen molar-refractivity contribution in [3.05, 3.63) is 40.5 Å². The summed E-state index contributed by atoms with van der Waals surface area (Å²) in [5.74, 6) is 0. The zero-order valence-corrected chi connectivity index (χ0v) is 13.7. The van der Waals surface area contributed by atoms with Crippen molar-refractivity contribution in [3.63, 3.8) is 0 Å². The van der Waals surface area contributed by atoms with Gasteiger partial charge in [-0.3, -0.25) is 9.88 Å². The first-order valence-electron chi connectivity index (χ1n) is 7.35. The summed E-state index contributed by atoms with van der Waals surface area (Å²) in [7, 11) is 0. The van der Waals surface area contributed by atoms with Crippen molar-refractivity contribution in [1.29, 1.82) is 0 Å². The summed E-state index contributed by atoms with van der Waals surface area (Å²) in [4.78, 5) is 7.03. The van der Waals surface area contributed by atoms with E-state index in [1.165, 1.54) is 5.56 Å². The minimum absolute atomic E-state index is 0.0186. The summed E-state index contributed by atoms with van der Waals surface area (Å²) >= 11 is 3.61. The molecule has 1 aliphatic rings. The van der Waals surface area contributed by atoms with E-state index in [1.54, 1.807) is 0 Å². The largest absolute Gasteiger partial charge is 0.374 e. The Kier molecular flexibility index (Phi) is 4.54. The van der Waals surface area contributed by atoms with Gasteiger partial charge in [-0.2, -0.15) is 0 Å². The topological polar surface area (TPSA) is 51.4 Å². The number of morpholine rings is 1. The zero-order chi connectivity index (χ0) is 14.8. The number of fused-ring (bicyclic) bond motifs is 1. The lowest BCUT2D eigenvalue weighted by molar-refractivity contribution is -0.0654. The Labute approximate surface area is 133 Å². The predicted octanol–water partition coefficient (Wildman–Crippen LogP) is 2.72. The van der Waals surface area contributed by atoms with E-state index < -0.39 is 0 Å². The van der Waals surface area contributed by atoms with E-state index in [0.717, 1.165) is 35.1 Å². The normalized spacial score (nSPS) is 23.6. The fourth-order valence-electron chi connectivity index (χ4n) is 3.13. The second-order valence-corrected chi connectivity index (χ2v) is 6.11. The number of hydrogen-bond acceptors (Lipinski definition) is 4. The standard InChI is InChI=1S/C16H20BrN3O/c1-2-20-8-9-21-14(10-18)16(20)12-5-6-13(17)11-4-3-7-19-15(11)12/h3-7,14,16H,2,8-10,18H2,1H3. The van der Waals surface area contributed by atoms with Gasteiger partial charge < -0.3 is 10.5 Å². The van der Waals surface area contributed by atoms with Crippen LogP contribution in [-0.2, 0) is 4.74 Å². The van der Waals surface area contributed by atoms with Crippen molar-refractivity contribution in [3.8, 4) is 0 Å². The second kappa shape index (κ2) is 6.40. The smallest absolute Gasteiger partial charge is 0.0895 e. The Balaban J connectivity index is 2.14. The van der Waals surface area contributed by atoms with E-state index in [-0.39, 0.29) is 12.1 Å². The van der Waals surface area contributed by atoms with E-state index in [4.69, 9.17) is 10.5 Å². The lowest BCUT2D eigenvalue weighted by atomic mass is 9.95. The first kappa shape index (κ1) is 14.9. The Morgan fingerprint density at radius 1 is 1.43 bits per heavy atom. The van der Waals surface area contributed by atoms with Gasteiger partial charge in [0, 0.05) is 29.1 Å². The number of halogens is 1. The molecule has 1 fully saturated rings. The van der Waals surface area contributed by atoms with E-state index in [0.29, 0.717) is 6.54 Å². The second-order valence-electron chi connectivity index (χ2n) is 5.25. The number of nitrogens with zero attached hydrogens (tertiary/aromatic N) is 2. The lowest BCUT2D eigenvalue weighted by Crippen LogP contribution is -2.48. The van der Waals surface area contributed by atoms with Crippen molar-refractivity contribution in [2.24, 2.45) is 5.73 Å². The molecule has 3 rings (SSSR count). The van der Waals surface area contributed by atoms with Crippen molar-refractivity contribution >= 4 is 26.8 Å². The van der Waals surface area contributed by atoms with Gasteiger partial charge in [0.15, 0.2) is 0 Å². The fourth-order valence-corrected chi connectivity index (χ4v) is 3.59. The van der Waals surface area contributed by atoms with Gasteiger partial charge in [0.2, 0.25) is 0 Å². The van der Waals surface area contributed by atoms with Gasteiger partial charge >= 0.3 is 0 Å².